The summed E-state index contributed by atoms with van der Waals surface area (Å²) in [5.74, 6) is 3.46. The van der Waals surface area contributed by atoms with Gasteiger partial charge in [-0.15, -0.1) is 0 Å². The quantitative estimate of drug-likeness (QED) is 0.176. The Balaban J connectivity index is 1.00. The molecule has 0 unspecified atom stereocenters. The van der Waals surface area contributed by atoms with Crippen LogP contribution in [0.4, 0.5) is 17.1 Å². The van der Waals surface area contributed by atoms with Crippen LogP contribution >= 0.6 is 0 Å². The van der Waals surface area contributed by atoms with Crippen molar-refractivity contribution in [2.75, 3.05) is 4.90 Å². The molecule has 1 aromatic heterocycles. The Hall–Kier alpha value is -9.38. The first-order chi connectivity index (χ1) is 35.7. The Labute approximate surface area is 416 Å². The summed E-state index contributed by atoms with van der Waals surface area (Å²) in [6, 6.07) is 90.4. The van der Waals surface area contributed by atoms with Gasteiger partial charge in [-0.2, -0.15) is 0 Å². The van der Waals surface area contributed by atoms with Gasteiger partial charge in [0.15, 0.2) is 0 Å². The smallest absolute Gasteiger partial charge is 0.135 e. The Morgan fingerprint density at radius 1 is 0.306 bits per heavy atom. The summed E-state index contributed by atoms with van der Waals surface area (Å²) in [5.41, 5.74) is 20.1. The highest BCUT2D eigenvalue weighted by atomic mass is 16.5. The first-order valence-corrected chi connectivity index (χ1v) is 24.7. The van der Waals surface area contributed by atoms with Crippen LogP contribution < -0.4 is 14.4 Å². The van der Waals surface area contributed by atoms with E-state index in [0.717, 1.165) is 95.4 Å². The molecule has 4 nitrogen and oxygen atoms in total. The average Bonchev–Trinajstić information content (AvgIpc) is 4.07. The molecule has 0 bridgehead atoms. The van der Waals surface area contributed by atoms with Crippen molar-refractivity contribution in [3.63, 3.8) is 0 Å². The molecule has 0 fully saturated rings. The summed E-state index contributed by atoms with van der Waals surface area (Å²) in [5, 5.41) is 2.23. The summed E-state index contributed by atoms with van der Waals surface area (Å²) in [6.07, 6.45) is 0. The molecule has 2 spiro atoms. The fourth-order valence-electron chi connectivity index (χ4n) is 13.3. The number of benzene rings is 11. The fraction of sp³-hybridized carbons (Fsp3) is 0.0294. The normalized spacial score (nSPS) is 14.3. The van der Waals surface area contributed by atoms with Crippen molar-refractivity contribution in [3.8, 4) is 56.4 Å². The van der Waals surface area contributed by atoms with E-state index in [-0.39, 0.29) is 0 Å². The molecule has 0 saturated carbocycles. The molecule has 72 heavy (non-hydrogen) atoms. The summed E-state index contributed by atoms with van der Waals surface area (Å²) < 4.78 is 19.9. The van der Waals surface area contributed by atoms with Gasteiger partial charge in [-0.05, 0) is 111 Å². The Morgan fingerprint density at radius 3 is 1.44 bits per heavy atom. The van der Waals surface area contributed by atoms with E-state index in [1.807, 2.05) is 12.1 Å². The Kier molecular flexibility index (Phi) is 7.99. The number of ether oxygens (including phenoxy) is 2. The molecule has 4 heteroatoms. The zero-order valence-corrected chi connectivity index (χ0v) is 38.8. The molecule has 0 amide bonds. The highest BCUT2D eigenvalue weighted by Gasteiger charge is 2.55. The molecule has 336 valence electrons. The molecule has 0 radical (unpaired) electrons. The number of hydrogen-bond acceptors (Lipinski definition) is 4. The van der Waals surface area contributed by atoms with Gasteiger partial charge in [-0.25, -0.2) is 0 Å². The third kappa shape index (κ3) is 5.05. The van der Waals surface area contributed by atoms with Crippen LogP contribution in [0.5, 0.6) is 23.0 Å². The van der Waals surface area contributed by atoms with Crippen molar-refractivity contribution in [2.24, 2.45) is 0 Å². The van der Waals surface area contributed by atoms with E-state index < -0.39 is 10.8 Å². The predicted octanol–water partition coefficient (Wildman–Crippen LogP) is 17.7. The molecule has 0 saturated heterocycles. The van der Waals surface area contributed by atoms with E-state index in [2.05, 4.69) is 241 Å². The summed E-state index contributed by atoms with van der Waals surface area (Å²) >= 11 is 0. The third-order valence-corrected chi connectivity index (χ3v) is 16.0. The van der Waals surface area contributed by atoms with Gasteiger partial charge in [-0.1, -0.05) is 182 Å². The number of para-hydroxylation sites is 5. The topological polar surface area (TPSA) is 34.8 Å². The molecule has 2 aliphatic heterocycles. The first-order valence-electron chi connectivity index (χ1n) is 24.7. The predicted molar refractivity (Wildman–Crippen MR) is 289 cm³/mol. The minimum absolute atomic E-state index is 0.645. The summed E-state index contributed by atoms with van der Waals surface area (Å²) in [6.45, 7) is 0. The van der Waals surface area contributed by atoms with E-state index in [9.17, 15) is 0 Å². The number of rotatable bonds is 4. The van der Waals surface area contributed by atoms with Gasteiger partial charge < -0.3 is 18.8 Å². The molecular formula is C68H41NO3. The van der Waals surface area contributed by atoms with Gasteiger partial charge in [0.1, 0.15) is 34.2 Å². The maximum atomic E-state index is 6.86. The van der Waals surface area contributed by atoms with Crippen LogP contribution in [-0.4, -0.2) is 0 Å². The van der Waals surface area contributed by atoms with Crippen LogP contribution in [0.25, 0.3) is 55.3 Å². The number of hydrogen-bond donors (Lipinski definition) is 0. The third-order valence-electron chi connectivity index (χ3n) is 16.0. The highest BCUT2D eigenvalue weighted by Crippen LogP contribution is 2.67. The van der Waals surface area contributed by atoms with Gasteiger partial charge in [0.2, 0.25) is 0 Å². The second-order valence-corrected chi connectivity index (χ2v) is 19.4. The molecule has 12 aromatic rings. The first kappa shape index (κ1) is 39.5. The van der Waals surface area contributed by atoms with Crippen LogP contribution in [0.2, 0.25) is 0 Å². The largest absolute Gasteiger partial charge is 0.457 e. The van der Waals surface area contributed by atoms with Crippen LogP contribution in [0.3, 0.4) is 0 Å². The Bertz CT molecular complexity index is 4170. The monoisotopic (exact) mass is 919 g/mol. The minimum atomic E-state index is -0.718. The average molecular weight is 920 g/mol. The Morgan fingerprint density at radius 2 is 0.778 bits per heavy atom. The van der Waals surface area contributed by atoms with Gasteiger partial charge >= 0.3 is 0 Å². The molecule has 4 aliphatic rings. The maximum absolute atomic E-state index is 6.86. The molecule has 3 heterocycles. The second-order valence-electron chi connectivity index (χ2n) is 19.4. The van der Waals surface area contributed by atoms with Gasteiger partial charge in [0.25, 0.3) is 0 Å². The van der Waals surface area contributed by atoms with Gasteiger partial charge in [-0.3, -0.25) is 0 Å². The van der Waals surface area contributed by atoms with E-state index in [4.69, 9.17) is 13.9 Å². The van der Waals surface area contributed by atoms with Crippen molar-refractivity contribution in [2.45, 2.75) is 10.8 Å². The van der Waals surface area contributed by atoms with Crippen LogP contribution in [0.15, 0.2) is 253 Å². The zero-order chi connectivity index (χ0) is 47.1. The molecule has 0 atom stereocenters. The number of furan rings is 1. The van der Waals surface area contributed by atoms with Crippen molar-refractivity contribution in [1.29, 1.82) is 0 Å². The van der Waals surface area contributed by atoms with E-state index in [0.29, 0.717) is 0 Å². The standard InChI is InChI=1S/C68H41NO3/c1-4-21-50-45(17-1)47-20-15-29-58(66(47)68(50)54-25-8-13-33-63(54)72-64-34-14-9-26-55(64)68)69(44-38-35-42(36-39-44)43-37-40-60-49(41-43)46-18-3-10-30-59(46)70-60)57-28-16-27-56-65(57)48-19-2-5-22-51(48)67(56)52-23-6-11-31-61(52)71-62-32-12-7-24-53(62)67/h1-41H. The fourth-order valence-corrected chi connectivity index (χ4v) is 13.3. The lowest BCUT2D eigenvalue weighted by molar-refractivity contribution is 0.436. The zero-order valence-electron chi connectivity index (χ0n) is 38.8. The molecule has 0 N–H and O–H groups in total. The van der Waals surface area contributed by atoms with E-state index >= 15 is 0 Å². The highest BCUT2D eigenvalue weighted by molar-refractivity contribution is 6.07. The van der Waals surface area contributed by atoms with Crippen LogP contribution in [0.1, 0.15) is 44.5 Å². The van der Waals surface area contributed by atoms with Crippen molar-refractivity contribution in [1.82, 2.24) is 0 Å². The lowest BCUT2D eigenvalue weighted by atomic mass is 9.65. The number of anilines is 3. The lowest BCUT2D eigenvalue weighted by Crippen LogP contribution is -2.33. The molecule has 2 aliphatic carbocycles. The van der Waals surface area contributed by atoms with Crippen molar-refractivity contribution < 1.29 is 13.9 Å². The molecular weight excluding hydrogens is 879 g/mol. The maximum Gasteiger partial charge on any atom is 0.135 e. The molecule has 11 aromatic carbocycles. The number of nitrogens with zero attached hydrogens (tertiary/aromatic N) is 1. The van der Waals surface area contributed by atoms with E-state index in [1.54, 1.807) is 0 Å². The minimum Gasteiger partial charge on any atom is -0.457 e. The lowest BCUT2D eigenvalue weighted by Gasteiger charge is -2.42. The number of fused-ring (bicyclic) bond motifs is 21. The van der Waals surface area contributed by atoms with Crippen molar-refractivity contribution >= 4 is 39.0 Å². The van der Waals surface area contributed by atoms with Crippen LogP contribution in [0, 0.1) is 0 Å². The SMILES string of the molecule is c1ccc2c(c1)Oc1ccccc1C21c2ccccc2-c2c(N(c3ccc(-c4ccc5oc6ccccc6c5c4)cc3)c3cccc4c3C3(c5ccccc5Oc5ccccc53)c3ccccc3-4)cccc21. The van der Waals surface area contributed by atoms with E-state index in [1.165, 1.54) is 44.5 Å². The van der Waals surface area contributed by atoms with Crippen LogP contribution in [-0.2, 0) is 10.8 Å². The summed E-state index contributed by atoms with van der Waals surface area (Å²) in [7, 11) is 0. The second kappa shape index (κ2) is 14.6. The van der Waals surface area contributed by atoms with Crippen molar-refractivity contribution in [3.05, 3.63) is 293 Å². The van der Waals surface area contributed by atoms with Gasteiger partial charge in [0.05, 0.1) is 22.2 Å². The van der Waals surface area contributed by atoms with Gasteiger partial charge in [0, 0.05) is 49.8 Å². The molecule has 16 rings (SSSR count). The summed E-state index contributed by atoms with van der Waals surface area (Å²) in [4.78, 5) is 2.55.